The lowest BCUT2D eigenvalue weighted by atomic mass is 10.1. The molecule has 1 aromatic rings. The number of nitrogens with one attached hydrogen (secondary N) is 2. The lowest BCUT2D eigenvalue weighted by molar-refractivity contribution is 0.138. The second-order valence-corrected chi connectivity index (χ2v) is 4.42. The molecular formula is C12H22N4O. The third-order valence-corrected chi connectivity index (χ3v) is 2.68. The van der Waals surface area contributed by atoms with E-state index in [0.717, 1.165) is 23.7 Å². The fourth-order valence-corrected chi connectivity index (χ4v) is 1.41. The summed E-state index contributed by atoms with van der Waals surface area (Å²) in [4.78, 5) is 8.35. The van der Waals surface area contributed by atoms with Crippen molar-refractivity contribution in [2.45, 2.75) is 33.8 Å². The van der Waals surface area contributed by atoms with E-state index in [1.807, 2.05) is 27.7 Å². The molecule has 1 unspecified atom stereocenters. The van der Waals surface area contributed by atoms with Crippen LogP contribution in [0.3, 0.4) is 0 Å². The molecule has 0 aliphatic carbocycles. The van der Waals surface area contributed by atoms with Crippen molar-refractivity contribution in [1.29, 1.82) is 0 Å². The molecule has 96 valence electrons. The van der Waals surface area contributed by atoms with E-state index in [4.69, 9.17) is 0 Å². The lowest BCUT2D eigenvalue weighted by Crippen LogP contribution is -2.25. The molecule has 0 fully saturated rings. The van der Waals surface area contributed by atoms with Gasteiger partial charge in [0.1, 0.15) is 18.0 Å². The van der Waals surface area contributed by atoms with E-state index in [1.165, 1.54) is 6.33 Å². The summed E-state index contributed by atoms with van der Waals surface area (Å²) in [6.45, 7) is 9.29. The maximum Gasteiger partial charge on any atom is 0.134 e. The van der Waals surface area contributed by atoms with Gasteiger partial charge in [-0.15, -0.1) is 0 Å². The number of hydrogen-bond donors (Lipinski definition) is 3. The summed E-state index contributed by atoms with van der Waals surface area (Å²) in [5.74, 6) is 1.84. The Balaban J connectivity index is 2.68. The quantitative estimate of drug-likeness (QED) is 0.703. The molecule has 0 aromatic carbocycles. The first-order valence-electron chi connectivity index (χ1n) is 6.03. The van der Waals surface area contributed by atoms with Crippen LogP contribution >= 0.6 is 0 Å². The monoisotopic (exact) mass is 238 g/mol. The number of rotatable bonds is 6. The fourth-order valence-electron chi connectivity index (χ4n) is 1.41. The molecule has 5 nitrogen and oxygen atoms in total. The van der Waals surface area contributed by atoms with Crippen molar-refractivity contribution < 1.29 is 5.11 Å². The van der Waals surface area contributed by atoms with Crippen LogP contribution in [0.15, 0.2) is 6.33 Å². The normalized spacial score (nSPS) is 12.6. The first kappa shape index (κ1) is 13.7. The molecule has 0 aliphatic rings. The van der Waals surface area contributed by atoms with Crippen molar-refractivity contribution in [2.24, 2.45) is 5.92 Å². The van der Waals surface area contributed by atoms with Crippen LogP contribution in [-0.2, 0) is 0 Å². The number of anilines is 2. The van der Waals surface area contributed by atoms with Gasteiger partial charge in [-0.05, 0) is 19.8 Å². The predicted molar refractivity (Wildman–Crippen MR) is 70.3 cm³/mol. The third-order valence-electron chi connectivity index (χ3n) is 2.68. The molecule has 0 bridgehead atoms. The SMILES string of the molecule is CCNc1ncnc(NCC(O)C(C)C)c1C. The van der Waals surface area contributed by atoms with E-state index in [0.29, 0.717) is 6.54 Å². The molecule has 3 N–H and O–H groups in total. The number of aliphatic hydroxyl groups excluding tert-OH is 1. The molecule has 0 aliphatic heterocycles. The van der Waals surface area contributed by atoms with E-state index < -0.39 is 0 Å². The van der Waals surface area contributed by atoms with Gasteiger partial charge in [0.05, 0.1) is 6.10 Å². The zero-order valence-electron chi connectivity index (χ0n) is 11.0. The maximum absolute atomic E-state index is 9.73. The summed E-state index contributed by atoms with van der Waals surface area (Å²) in [5.41, 5.74) is 0.977. The zero-order valence-corrected chi connectivity index (χ0v) is 11.0. The van der Waals surface area contributed by atoms with Crippen molar-refractivity contribution in [3.8, 4) is 0 Å². The molecule has 17 heavy (non-hydrogen) atoms. The Hall–Kier alpha value is -1.36. The highest BCUT2D eigenvalue weighted by atomic mass is 16.3. The Kier molecular flexibility index (Phi) is 5.15. The van der Waals surface area contributed by atoms with E-state index >= 15 is 0 Å². The van der Waals surface area contributed by atoms with Gasteiger partial charge < -0.3 is 15.7 Å². The number of aromatic nitrogens is 2. The van der Waals surface area contributed by atoms with Crippen molar-refractivity contribution >= 4 is 11.6 Å². The van der Waals surface area contributed by atoms with Crippen molar-refractivity contribution in [3.05, 3.63) is 11.9 Å². The van der Waals surface area contributed by atoms with E-state index in [9.17, 15) is 5.11 Å². The minimum absolute atomic E-state index is 0.234. The van der Waals surface area contributed by atoms with Crippen LogP contribution in [0, 0.1) is 12.8 Å². The molecule has 0 radical (unpaired) electrons. The summed E-state index contributed by atoms with van der Waals surface area (Å²) in [5, 5.41) is 16.1. The van der Waals surface area contributed by atoms with Crippen LogP contribution in [0.1, 0.15) is 26.3 Å². The maximum atomic E-state index is 9.73. The summed E-state index contributed by atoms with van der Waals surface area (Å²) in [6, 6.07) is 0. The summed E-state index contributed by atoms with van der Waals surface area (Å²) in [7, 11) is 0. The number of hydrogen-bond acceptors (Lipinski definition) is 5. The average molecular weight is 238 g/mol. The van der Waals surface area contributed by atoms with Gasteiger partial charge in [0.25, 0.3) is 0 Å². The third kappa shape index (κ3) is 3.85. The topological polar surface area (TPSA) is 70.1 Å². The van der Waals surface area contributed by atoms with Crippen LogP contribution < -0.4 is 10.6 Å². The first-order valence-corrected chi connectivity index (χ1v) is 6.03. The molecule has 0 saturated carbocycles. The van der Waals surface area contributed by atoms with Gasteiger partial charge in [-0.1, -0.05) is 13.8 Å². The van der Waals surface area contributed by atoms with Gasteiger partial charge in [-0.3, -0.25) is 0 Å². The van der Waals surface area contributed by atoms with E-state index in [1.54, 1.807) is 0 Å². The molecule has 5 heteroatoms. The number of nitrogens with zero attached hydrogens (tertiary/aromatic N) is 2. The second kappa shape index (κ2) is 6.39. The average Bonchev–Trinajstić information content (AvgIpc) is 2.30. The molecule has 1 heterocycles. The molecule has 1 aromatic heterocycles. The number of aliphatic hydroxyl groups is 1. The molecule has 0 spiro atoms. The molecular weight excluding hydrogens is 216 g/mol. The van der Waals surface area contributed by atoms with E-state index in [-0.39, 0.29) is 12.0 Å². The molecule has 1 atom stereocenters. The highest BCUT2D eigenvalue weighted by Gasteiger charge is 2.11. The Morgan fingerprint density at radius 3 is 2.35 bits per heavy atom. The van der Waals surface area contributed by atoms with Crippen molar-refractivity contribution in [2.75, 3.05) is 23.7 Å². The zero-order chi connectivity index (χ0) is 12.8. The van der Waals surface area contributed by atoms with Crippen LogP contribution in [0.4, 0.5) is 11.6 Å². The minimum Gasteiger partial charge on any atom is -0.391 e. The Labute approximate surface area is 103 Å². The minimum atomic E-state index is -0.369. The van der Waals surface area contributed by atoms with Gasteiger partial charge in [0, 0.05) is 18.7 Å². The van der Waals surface area contributed by atoms with Crippen LogP contribution in [0.25, 0.3) is 0 Å². The molecule has 0 amide bonds. The predicted octanol–water partition coefficient (Wildman–Crippen LogP) is 1.65. The Bertz CT molecular complexity index is 354. The van der Waals surface area contributed by atoms with Gasteiger partial charge in [0.2, 0.25) is 0 Å². The fraction of sp³-hybridized carbons (Fsp3) is 0.667. The lowest BCUT2D eigenvalue weighted by Gasteiger charge is -2.17. The highest BCUT2D eigenvalue weighted by molar-refractivity contribution is 5.56. The summed E-state index contributed by atoms with van der Waals surface area (Å²) in [6.07, 6.45) is 1.15. The Morgan fingerprint density at radius 1 is 1.24 bits per heavy atom. The largest absolute Gasteiger partial charge is 0.391 e. The van der Waals surface area contributed by atoms with E-state index in [2.05, 4.69) is 20.6 Å². The second-order valence-electron chi connectivity index (χ2n) is 4.42. The molecule has 0 saturated heterocycles. The van der Waals surface area contributed by atoms with Gasteiger partial charge in [-0.25, -0.2) is 9.97 Å². The molecule has 1 rings (SSSR count). The van der Waals surface area contributed by atoms with Crippen LogP contribution in [0.2, 0.25) is 0 Å². The smallest absolute Gasteiger partial charge is 0.134 e. The van der Waals surface area contributed by atoms with Crippen molar-refractivity contribution in [1.82, 2.24) is 9.97 Å². The van der Waals surface area contributed by atoms with Crippen molar-refractivity contribution in [3.63, 3.8) is 0 Å². The highest BCUT2D eigenvalue weighted by Crippen LogP contribution is 2.18. The summed E-state index contributed by atoms with van der Waals surface area (Å²) >= 11 is 0. The van der Waals surface area contributed by atoms with Gasteiger partial charge >= 0.3 is 0 Å². The Morgan fingerprint density at radius 2 is 1.82 bits per heavy atom. The van der Waals surface area contributed by atoms with Gasteiger partial charge in [-0.2, -0.15) is 0 Å². The van der Waals surface area contributed by atoms with Crippen LogP contribution in [-0.4, -0.2) is 34.3 Å². The summed E-state index contributed by atoms with van der Waals surface area (Å²) < 4.78 is 0. The van der Waals surface area contributed by atoms with Gasteiger partial charge in [0.15, 0.2) is 0 Å². The first-order chi connectivity index (χ1) is 8.06. The van der Waals surface area contributed by atoms with Crippen LogP contribution in [0.5, 0.6) is 0 Å². The standard InChI is InChI=1S/C12H22N4O/c1-5-13-11-9(4)12(16-7-15-11)14-6-10(17)8(2)3/h7-8,10,17H,5-6H2,1-4H3,(H2,13,14,15,16).